The number of fused-ring (bicyclic) bond motifs is 4. The molecule has 1 aromatic carbocycles. The normalized spacial score (nSPS) is 25.1. The molecule has 0 amide bonds. The molecule has 0 unspecified atom stereocenters. The number of methoxy groups -OCH3 is 1. The molecule has 4 atom stereocenters. The minimum Gasteiger partial charge on any atom is -0.469 e. The number of hydrogen-bond acceptors (Lipinski definition) is 6. The number of nitrogens with zero attached hydrogens (tertiary/aromatic N) is 2. The van der Waals surface area contributed by atoms with Crippen molar-refractivity contribution in [3.05, 3.63) is 69.6 Å². The van der Waals surface area contributed by atoms with Crippen molar-refractivity contribution in [3.8, 4) is 0 Å². The molecule has 0 aliphatic carbocycles. The summed E-state index contributed by atoms with van der Waals surface area (Å²) in [5, 5.41) is 10.2. The second-order valence-corrected chi connectivity index (χ2v) is 10.0. The average Bonchev–Trinajstić information content (AvgIpc) is 3.03. The summed E-state index contributed by atoms with van der Waals surface area (Å²) in [5.74, 6) is -2.26. The van der Waals surface area contributed by atoms with Crippen molar-refractivity contribution in [1.29, 1.82) is 0 Å². The van der Waals surface area contributed by atoms with E-state index < -0.39 is 46.5 Å². The van der Waals surface area contributed by atoms with Gasteiger partial charge in [-0.25, -0.2) is 8.42 Å². The quantitative estimate of drug-likeness (QED) is 0.684. The number of aromatic nitrogens is 1. The molecule has 2 aromatic rings. The second-order valence-electron chi connectivity index (χ2n) is 8.19. The number of rotatable bonds is 5. The van der Waals surface area contributed by atoms with Crippen molar-refractivity contribution in [2.45, 2.75) is 37.4 Å². The van der Waals surface area contributed by atoms with Crippen LogP contribution in [-0.4, -0.2) is 48.1 Å². The van der Waals surface area contributed by atoms with Crippen LogP contribution in [0.15, 0.2) is 52.2 Å². The summed E-state index contributed by atoms with van der Waals surface area (Å²) in [4.78, 5) is 26.0. The summed E-state index contributed by atoms with van der Waals surface area (Å²) in [7, 11) is -2.79. The zero-order valence-electron chi connectivity index (χ0n) is 18.1. The SMILES string of the molecule is CC=Cc1ccc2n(c1=O)C[C@@H]1[C@@H](CO)[C@H](C(=O)OC)[C@H]2N1S(=O)(=O)c1cccc(C)c1. The number of aryl methyl sites for hydroxylation is 1. The number of ether oxygens (including phenoxy) is 1. The van der Waals surface area contributed by atoms with Crippen molar-refractivity contribution < 1.29 is 23.1 Å². The van der Waals surface area contributed by atoms with Gasteiger partial charge in [-0.15, -0.1) is 0 Å². The molecule has 170 valence electrons. The molecule has 1 N–H and O–H groups in total. The predicted octanol–water partition coefficient (Wildman–Crippen LogP) is 1.72. The van der Waals surface area contributed by atoms with Gasteiger partial charge in [0.05, 0.1) is 24.0 Å². The fraction of sp³-hybridized carbons (Fsp3) is 0.391. The van der Waals surface area contributed by atoms with Gasteiger partial charge in [0.2, 0.25) is 10.0 Å². The number of esters is 1. The maximum atomic E-state index is 13.8. The Labute approximate surface area is 186 Å². The molecule has 0 spiro atoms. The number of hydrogen-bond donors (Lipinski definition) is 1. The number of allylic oxidation sites excluding steroid dienone is 1. The molecule has 0 radical (unpaired) electrons. The van der Waals surface area contributed by atoms with Gasteiger partial charge in [-0.2, -0.15) is 4.31 Å². The van der Waals surface area contributed by atoms with Gasteiger partial charge >= 0.3 is 5.97 Å². The van der Waals surface area contributed by atoms with Crippen LogP contribution in [0.4, 0.5) is 0 Å². The lowest BCUT2D eigenvalue weighted by atomic mass is 9.87. The topological polar surface area (TPSA) is 106 Å². The van der Waals surface area contributed by atoms with Crippen LogP contribution in [-0.2, 0) is 26.1 Å². The monoisotopic (exact) mass is 458 g/mol. The summed E-state index contributed by atoms with van der Waals surface area (Å²) in [6, 6.07) is 8.14. The van der Waals surface area contributed by atoms with E-state index in [-0.39, 0.29) is 17.0 Å². The molecular weight excluding hydrogens is 432 g/mol. The van der Waals surface area contributed by atoms with Gasteiger partial charge in [0.15, 0.2) is 0 Å². The number of benzene rings is 1. The van der Waals surface area contributed by atoms with E-state index in [4.69, 9.17) is 4.74 Å². The Balaban J connectivity index is 1.96. The van der Waals surface area contributed by atoms with Crippen molar-refractivity contribution in [2.24, 2.45) is 11.8 Å². The van der Waals surface area contributed by atoms with E-state index in [0.717, 1.165) is 5.56 Å². The molecule has 3 heterocycles. The number of carbonyl (C=O) groups excluding carboxylic acids is 1. The van der Waals surface area contributed by atoms with Gasteiger partial charge in [0.25, 0.3) is 5.56 Å². The molecule has 4 rings (SSSR count). The number of sulfonamides is 1. The Morgan fingerprint density at radius 3 is 2.66 bits per heavy atom. The van der Waals surface area contributed by atoms with Crippen LogP contribution in [0.25, 0.3) is 6.08 Å². The third-order valence-corrected chi connectivity index (χ3v) is 8.30. The maximum absolute atomic E-state index is 13.8. The van der Waals surface area contributed by atoms with Crippen LogP contribution < -0.4 is 5.56 Å². The summed E-state index contributed by atoms with van der Waals surface area (Å²) < 4.78 is 35.4. The average molecular weight is 459 g/mol. The standard InChI is InChI=1S/C23H26N2O6S/c1-4-6-15-9-10-18-21-20(23(28)31-3)17(13-26)19(12-24(18)22(15)27)25(21)32(29,30)16-8-5-7-14(2)11-16/h4-11,17,19-21,26H,12-13H2,1-3H3/t17-,19-,20+,21+/m1/s1. The lowest BCUT2D eigenvalue weighted by Gasteiger charge is -2.37. The number of aliphatic hydroxyl groups is 1. The number of pyridine rings is 1. The molecule has 2 aliphatic rings. The van der Waals surface area contributed by atoms with Gasteiger partial charge in [0.1, 0.15) is 0 Å². The van der Waals surface area contributed by atoms with Crippen molar-refractivity contribution in [2.75, 3.05) is 13.7 Å². The largest absolute Gasteiger partial charge is 0.469 e. The highest BCUT2D eigenvalue weighted by atomic mass is 32.2. The van der Waals surface area contributed by atoms with Gasteiger partial charge in [0, 0.05) is 36.4 Å². The van der Waals surface area contributed by atoms with Crippen LogP contribution in [0.1, 0.15) is 29.8 Å². The Hall–Kier alpha value is -2.75. The van der Waals surface area contributed by atoms with Crippen molar-refractivity contribution >= 4 is 22.1 Å². The Bertz CT molecular complexity index is 1250. The van der Waals surface area contributed by atoms with E-state index >= 15 is 0 Å². The first-order valence-electron chi connectivity index (χ1n) is 10.4. The van der Waals surface area contributed by atoms with E-state index in [1.807, 2.05) is 0 Å². The lowest BCUT2D eigenvalue weighted by molar-refractivity contribution is -0.148. The first-order chi connectivity index (χ1) is 15.3. The van der Waals surface area contributed by atoms with Crippen molar-refractivity contribution in [1.82, 2.24) is 8.87 Å². The van der Waals surface area contributed by atoms with Gasteiger partial charge in [-0.1, -0.05) is 24.3 Å². The molecular formula is C23H26N2O6S. The Morgan fingerprint density at radius 1 is 1.28 bits per heavy atom. The summed E-state index contributed by atoms with van der Waals surface area (Å²) in [5.41, 5.74) is 1.42. The first-order valence-corrected chi connectivity index (χ1v) is 11.9. The zero-order valence-corrected chi connectivity index (χ0v) is 19.0. The maximum Gasteiger partial charge on any atom is 0.311 e. The summed E-state index contributed by atoms with van der Waals surface area (Å²) in [6.07, 6.45) is 3.44. The molecule has 2 aliphatic heterocycles. The molecule has 0 saturated carbocycles. The minimum atomic E-state index is -4.03. The van der Waals surface area contributed by atoms with E-state index in [1.165, 1.54) is 22.0 Å². The molecule has 2 bridgehead atoms. The number of carbonyl (C=O) groups is 1. The van der Waals surface area contributed by atoms with Crippen molar-refractivity contribution in [3.63, 3.8) is 0 Å². The highest BCUT2D eigenvalue weighted by Crippen LogP contribution is 2.51. The van der Waals surface area contributed by atoms with E-state index in [0.29, 0.717) is 11.3 Å². The van der Waals surface area contributed by atoms with Gasteiger partial charge in [-0.3, -0.25) is 9.59 Å². The lowest BCUT2D eigenvalue weighted by Crippen LogP contribution is -2.49. The van der Waals surface area contributed by atoms with Crippen LogP contribution in [0.2, 0.25) is 0 Å². The molecule has 1 saturated heterocycles. The third-order valence-electron chi connectivity index (χ3n) is 6.40. The van der Waals surface area contributed by atoms with Crippen LogP contribution in [0.5, 0.6) is 0 Å². The second kappa shape index (κ2) is 8.31. The van der Waals surface area contributed by atoms with E-state index in [1.54, 1.807) is 56.3 Å². The smallest absolute Gasteiger partial charge is 0.311 e. The Kier molecular flexibility index (Phi) is 5.83. The highest BCUT2D eigenvalue weighted by molar-refractivity contribution is 7.89. The van der Waals surface area contributed by atoms with Crippen LogP contribution in [0, 0.1) is 18.8 Å². The molecule has 8 nitrogen and oxygen atoms in total. The zero-order chi connectivity index (χ0) is 23.2. The van der Waals surface area contributed by atoms with Gasteiger partial charge < -0.3 is 14.4 Å². The minimum absolute atomic E-state index is 0.0415. The van der Waals surface area contributed by atoms with Crippen LogP contribution >= 0.6 is 0 Å². The molecule has 1 fully saturated rings. The predicted molar refractivity (Wildman–Crippen MR) is 118 cm³/mol. The van der Waals surface area contributed by atoms with E-state index in [2.05, 4.69) is 0 Å². The third kappa shape index (κ3) is 3.32. The summed E-state index contributed by atoms with van der Waals surface area (Å²) >= 11 is 0. The van der Waals surface area contributed by atoms with Crippen LogP contribution in [0.3, 0.4) is 0 Å². The first kappa shape index (κ1) is 22.4. The molecule has 32 heavy (non-hydrogen) atoms. The molecule has 1 aromatic heterocycles. The van der Waals surface area contributed by atoms with Gasteiger partial charge in [-0.05, 0) is 43.7 Å². The van der Waals surface area contributed by atoms with E-state index in [9.17, 15) is 23.1 Å². The summed E-state index contributed by atoms with van der Waals surface area (Å²) in [6.45, 7) is 3.23. The fourth-order valence-electron chi connectivity index (χ4n) is 5.01. The highest BCUT2D eigenvalue weighted by Gasteiger charge is 2.60. The number of aliphatic hydroxyl groups excluding tert-OH is 1. The molecule has 9 heteroatoms. The Morgan fingerprint density at radius 2 is 2.03 bits per heavy atom. The fourth-order valence-corrected chi connectivity index (χ4v) is 6.95.